The third-order valence-corrected chi connectivity index (χ3v) is 4.68. The number of nitrogens with zero attached hydrogens (tertiary/aromatic N) is 1. The van der Waals surface area contributed by atoms with E-state index in [1.807, 2.05) is 0 Å². The Labute approximate surface area is 124 Å². The van der Waals surface area contributed by atoms with Gasteiger partial charge < -0.3 is 5.11 Å². The van der Waals surface area contributed by atoms with Crippen LogP contribution in [0.25, 0.3) is 0 Å². The van der Waals surface area contributed by atoms with Gasteiger partial charge in [0, 0.05) is 24.4 Å². The highest BCUT2D eigenvalue weighted by atomic mass is 32.2. The van der Waals surface area contributed by atoms with Crippen molar-refractivity contribution in [1.82, 2.24) is 4.98 Å². The minimum atomic E-state index is -3.79. The van der Waals surface area contributed by atoms with Crippen molar-refractivity contribution in [2.45, 2.75) is 6.42 Å². The Morgan fingerprint density at radius 2 is 2.00 bits per heavy atom. The molecule has 1 rings (SSSR count). The van der Waals surface area contributed by atoms with E-state index in [0.29, 0.717) is 12.0 Å². The molecule has 0 radical (unpaired) electrons. The predicted octanol–water partition coefficient (Wildman–Crippen LogP) is -0.398. The molecule has 9 heteroatoms. The third kappa shape index (κ3) is 7.65. The molecule has 0 aliphatic heterocycles. The molecule has 1 aromatic heterocycles. The molecule has 0 fully saturated rings. The zero-order valence-electron chi connectivity index (χ0n) is 11.4. The Balaban J connectivity index is 2.79. The van der Waals surface area contributed by atoms with E-state index >= 15 is 0 Å². The molecule has 0 bridgehead atoms. The molecule has 0 aromatic carbocycles. The summed E-state index contributed by atoms with van der Waals surface area (Å²) < 4.78 is 47.6. The molecule has 0 aliphatic carbocycles. The fourth-order valence-electron chi connectivity index (χ4n) is 1.26. The van der Waals surface area contributed by atoms with Gasteiger partial charge in [0.2, 0.25) is 10.0 Å². The second-order valence-electron chi connectivity index (χ2n) is 4.26. The summed E-state index contributed by atoms with van der Waals surface area (Å²) in [6.45, 7) is -0.0525. The van der Waals surface area contributed by atoms with E-state index in [0.717, 1.165) is 6.26 Å². The van der Waals surface area contributed by atoms with Crippen LogP contribution in [0.2, 0.25) is 0 Å². The summed E-state index contributed by atoms with van der Waals surface area (Å²) in [7, 11) is -7.15. The van der Waals surface area contributed by atoms with Crippen molar-refractivity contribution in [3.8, 4) is 11.8 Å². The average molecular weight is 332 g/mol. The molecule has 0 unspecified atom stereocenters. The normalized spacial score (nSPS) is 11.5. The Bertz CT molecular complexity index is 745. The second-order valence-corrected chi connectivity index (χ2v) is 8.36. The SMILES string of the molecule is CS(=O)(=O)CCS(=O)(=O)Nc1cc(C#CCCO)ccn1. The first-order chi connectivity index (χ1) is 9.72. The summed E-state index contributed by atoms with van der Waals surface area (Å²) in [6.07, 6.45) is 2.67. The van der Waals surface area contributed by atoms with Crippen molar-refractivity contribution < 1.29 is 21.9 Å². The minimum Gasteiger partial charge on any atom is -0.395 e. The maximum Gasteiger partial charge on any atom is 0.234 e. The molecule has 0 amide bonds. The lowest BCUT2D eigenvalue weighted by atomic mass is 10.2. The van der Waals surface area contributed by atoms with Gasteiger partial charge in [-0.25, -0.2) is 21.8 Å². The van der Waals surface area contributed by atoms with Gasteiger partial charge in [-0.05, 0) is 12.1 Å². The largest absolute Gasteiger partial charge is 0.395 e. The molecule has 0 spiro atoms. The van der Waals surface area contributed by atoms with Crippen molar-refractivity contribution in [3.05, 3.63) is 23.9 Å². The van der Waals surface area contributed by atoms with Crippen molar-refractivity contribution >= 4 is 25.7 Å². The average Bonchev–Trinajstić information content (AvgIpc) is 2.36. The highest BCUT2D eigenvalue weighted by Gasteiger charge is 2.15. The number of aliphatic hydroxyl groups is 1. The standard InChI is InChI=1S/C12H16N2O5S2/c1-20(16,17)8-9-21(18,19)14-12-10-11(5-6-13-12)4-2-3-7-15/h5-6,10,15H,3,7-9H2,1H3,(H,13,14). The molecule has 21 heavy (non-hydrogen) atoms. The Hall–Kier alpha value is -1.63. The molecule has 0 saturated heterocycles. The van der Waals surface area contributed by atoms with Gasteiger partial charge in [0.15, 0.2) is 0 Å². The molecule has 116 valence electrons. The molecule has 1 aromatic rings. The van der Waals surface area contributed by atoms with Crippen LogP contribution in [0.4, 0.5) is 5.82 Å². The van der Waals surface area contributed by atoms with E-state index in [9.17, 15) is 16.8 Å². The lowest BCUT2D eigenvalue weighted by Crippen LogP contribution is -2.22. The first-order valence-corrected chi connectivity index (χ1v) is 9.67. The van der Waals surface area contributed by atoms with Crippen molar-refractivity contribution in [1.29, 1.82) is 0 Å². The van der Waals surface area contributed by atoms with E-state index < -0.39 is 31.4 Å². The van der Waals surface area contributed by atoms with Gasteiger partial charge in [-0.15, -0.1) is 0 Å². The maximum atomic E-state index is 11.7. The summed E-state index contributed by atoms with van der Waals surface area (Å²) >= 11 is 0. The van der Waals surface area contributed by atoms with Crippen LogP contribution in [-0.4, -0.2) is 51.3 Å². The topological polar surface area (TPSA) is 113 Å². The number of hydrogen-bond donors (Lipinski definition) is 2. The first-order valence-electron chi connectivity index (χ1n) is 5.96. The first kappa shape index (κ1) is 17.4. The zero-order valence-corrected chi connectivity index (χ0v) is 13.0. The van der Waals surface area contributed by atoms with Crippen molar-refractivity contribution in [3.63, 3.8) is 0 Å². The quantitative estimate of drug-likeness (QED) is 0.685. The summed E-state index contributed by atoms with van der Waals surface area (Å²) in [5.74, 6) is 4.52. The molecular weight excluding hydrogens is 316 g/mol. The van der Waals surface area contributed by atoms with Crippen LogP contribution in [0.5, 0.6) is 0 Å². The van der Waals surface area contributed by atoms with Crippen molar-refractivity contribution in [2.75, 3.05) is 29.1 Å². The molecule has 0 saturated carbocycles. The van der Waals surface area contributed by atoms with E-state index in [4.69, 9.17) is 5.11 Å². The predicted molar refractivity (Wildman–Crippen MR) is 79.9 cm³/mol. The summed E-state index contributed by atoms with van der Waals surface area (Å²) in [6, 6.07) is 3.03. The summed E-state index contributed by atoms with van der Waals surface area (Å²) in [5.41, 5.74) is 0.541. The molecule has 2 N–H and O–H groups in total. The van der Waals surface area contributed by atoms with Gasteiger partial charge >= 0.3 is 0 Å². The minimum absolute atomic E-state index is 0.0525. The highest BCUT2D eigenvalue weighted by molar-refractivity contribution is 7.95. The number of anilines is 1. The van der Waals surface area contributed by atoms with Crippen LogP contribution < -0.4 is 4.72 Å². The van der Waals surface area contributed by atoms with Gasteiger partial charge in [-0.3, -0.25) is 4.72 Å². The molecule has 0 atom stereocenters. The lowest BCUT2D eigenvalue weighted by Gasteiger charge is -2.06. The zero-order chi connectivity index (χ0) is 15.9. The maximum absolute atomic E-state index is 11.7. The van der Waals surface area contributed by atoms with Crippen LogP contribution in [0.15, 0.2) is 18.3 Å². The molecule has 0 aliphatic rings. The molecule has 1 heterocycles. The van der Waals surface area contributed by atoms with Gasteiger partial charge in [-0.2, -0.15) is 0 Å². The number of hydrogen-bond acceptors (Lipinski definition) is 6. The number of rotatable bonds is 6. The van der Waals surface area contributed by atoms with E-state index in [1.165, 1.54) is 12.3 Å². The van der Waals surface area contributed by atoms with Crippen LogP contribution >= 0.6 is 0 Å². The number of aromatic nitrogens is 1. The summed E-state index contributed by atoms with van der Waals surface area (Å²) in [5, 5.41) is 8.62. The second kappa shape index (κ2) is 7.40. The number of sulfone groups is 1. The van der Waals surface area contributed by atoms with Crippen LogP contribution in [0.1, 0.15) is 12.0 Å². The van der Waals surface area contributed by atoms with Gasteiger partial charge in [-0.1, -0.05) is 11.8 Å². The number of nitrogens with one attached hydrogen (secondary N) is 1. The Kier molecular flexibility index (Phi) is 6.14. The van der Waals surface area contributed by atoms with Crippen LogP contribution in [0.3, 0.4) is 0 Å². The monoisotopic (exact) mass is 332 g/mol. The van der Waals surface area contributed by atoms with Crippen LogP contribution in [0, 0.1) is 11.8 Å². The Morgan fingerprint density at radius 3 is 2.62 bits per heavy atom. The van der Waals surface area contributed by atoms with Crippen LogP contribution in [-0.2, 0) is 19.9 Å². The fourth-order valence-corrected chi connectivity index (χ4v) is 3.88. The van der Waals surface area contributed by atoms with E-state index in [2.05, 4.69) is 21.5 Å². The molecular formula is C12H16N2O5S2. The van der Waals surface area contributed by atoms with Crippen molar-refractivity contribution in [2.24, 2.45) is 0 Å². The molecule has 7 nitrogen and oxygen atoms in total. The highest BCUT2D eigenvalue weighted by Crippen LogP contribution is 2.08. The number of aliphatic hydroxyl groups excluding tert-OH is 1. The van der Waals surface area contributed by atoms with Gasteiger partial charge in [0.05, 0.1) is 18.1 Å². The Morgan fingerprint density at radius 1 is 1.29 bits per heavy atom. The summed E-state index contributed by atoms with van der Waals surface area (Å²) in [4.78, 5) is 3.84. The smallest absolute Gasteiger partial charge is 0.234 e. The number of pyridine rings is 1. The number of sulfonamides is 1. The van der Waals surface area contributed by atoms with Gasteiger partial charge in [0.1, 0.15) is 15.7 Å². The van der Waals surface area contributed by atoms with E-state index in [1.54, 1.807) is 6.07 Å². The third-order valence-electron chi connectivity index (χ3n) is 2.21. The van der Waals surface area contributed by atoms with Gasteiger partial charge in [0.25, 0.3) is 0 Å². The van der Waals surface area contributed by atoms with E-state index in [-0.39, 0.29) is 12.4 Å². The lowest BCUT2D eigenvalue weighted by molar-refractivity contribution is 0.305. The fraction of sp³-hybridized carbons (Fsp3) is 0.417.